The van der Waals surface area contributed by atoms with Gasteiger partial charge in [0.15, 0.2) is 0 Å². The van der Waals surface area contributed by atoms with Crippen LogP contribution in [0.25, 0.3) is 10.8 Å². The van der Waals surface area contributed by atoms with Gasteiger partial charge in [-0.25, -0.2) is 0 Å². The minimum atomic E-state index is -0.304. The highest BCUT2D eigenvalue weighted by Gasteiger charge is 2.12. The van der Waals surface area contributed by atoms with E-state index >= 15 is 0 Å². The predicted octanol–water partition coefficient (Wildman–Crippen LogP) is 5.53. The summed E-state index contributed by atoms with van der Waals surface area (Å²) in [4.78, 5) is 12.5. The molecule has 128 valence electrons. The maximum atomic E-state index is 12.5. The Balaban J connectivity index is 1.72. The molecule has 3 nitrogen and oxygen atoms in total. The summed E-state index contributed by atoms with van der Waals surface area (Å²) in [5, 5.41) is 14.9. The van der Waals surface area contributed by atoms with Gasteiger partial charge in [-0.1, -0.05) is 56.2 Å². The molecule has 0 saturated carbocycles. The summed E-state index contributed by atoms with van der Waals surface area (Å²) in [5.74, 6) is -0.311. The van der Waals surface area contributed by atoms with Crippen LogP contribution in [0.2, 0.25) is 0 Å². The predicted molar refractivity (Wildman–Crippen MR) is 103 cm³/mol. The molecule has 0 atom stereocenters. The van der Waals surface area contributed by atoms with Gasteiger partial charge in [0.2, 0.25) is 0 Å². The summed E-state index contributed by atoms with van der Waals surface area (Å²) >= 11 is 0. The highest BCUT2D eigenvalue weighted by molar-refractivity contribution is 6.08. The Morgan fingerprint density at radius 1 is 0.960 bits per heavy atom. The lowest BCUT2D eigenvalue weighted by molar-refractivity contribution is 0.102. The zero-order valence-corrected chi connectivity index (χ0v) is 14.5. The minimum absolute atomic E-state index is 0.00705. The monoisotopic (exact) mass is 333 g/mol. The molecule has 0 unspecified atom stereocenters. The van der Waals surface area contributed by atoms with Crippen LogP contribution in [-0.2, 0) is 6.42 Å². The molecule has 0 aliphatic heterocycles. The van der Waals surface area contributed by atoms with Crippen molar-refractivity contribution in [3.05, 3.63) is 71.8 Å². The maximum absolute atomic E-state index is 12.5. The number of rotatable bonds is 6. The van der Waals surface area contributed by atoms with Crippen molar-refractivity contribution in [3.63, 3.8) is 0 Å². The molecule has 3 aromatic carbocycles. The second-order valence-electron chi connectivity index (χ2n) is 6.32. The Labute approximate surface area is 148 Å². The molecule has 0 aliphatic carbocycles. The van der Waals surface area contributed by atoms with Crippen molar-refractivity contribution in [2.75, 3.05) is 5.32 Å². The van der Waals surface area contributed by atoms with Crippen molar-refractivity contribution in [1.29, 1.82) is 0 Å². The molecule has 1 amide bonds. The molecule has 2 N–H and O–H groups in total. The Hall–Kier alpha value is -2.81. The van der Waals surface area contributed by atoms with E-state index in [0.29, 0.717) is 0 Å². The van der Waals surface area contributed by atoms with Crippen molar-refractivity contribution < 1.29 is 9.90 Å². The number of carbonyl (C=O) groups is 1. The van der Waals surface area contributed by atoms with Crippen molar-refractivity contribution in [1.82, 2.24) is 0 Å². The molecule has 0 saturated heterocycles. The summed E-state index contributed by atoms with van der Waals surface area (Å²) in [6.07, 6.45) is 4.70. The number of aryl methyl sites for hydroxylation is 1. The molecule has 3 rings (SSSR count). The number of nitrogens with one attached hydrogen (secondary N) is 1. The molecule has 0 aromatic heterocycles. The van der Waals surface area contributed by atoms with Crippen molar-refractivity contribution in [2.24, 2.45) is 0 Å². The van der Waals surface area contributed by atoms with Crippen LogP contribution in [0.4, 0.5) is 5.69 Å². The van der Waals surface area contributed by atoms with Gasteiger partial charge in [-0.3, -0.25) is 4.79 Å². The van der Waals surface area contributed by atoms with E-state index in [1.54, 1.807) is 12.1 Å². The number of phenolic OH excluding ortho intramolecular Hbond substituents is 1. The van der Waals surface area contributed by atoms with E-state index in [1.165, 1.54) is 24.8 Å². The van der Waals surface area contributed by atoms with Crippen LogP contribution in [0.3, 0.4) is 0 Å². The summed E-state index contributed by atoms with van der Waals surface area (Å²) in [7, 11) is 0. The quantitative estimate of drug-likeness (QED) is 0.583. The topological polar surface area (TPSA) is 49.3 Å². The standard InChI is InChI=1S/C22H23NO2/c1-2-3-4-7-16-10-12-19(13-11-16)23-22(25)20-14-17-8-5-6-9-18(17)15-21(20)24/h5-6,8-15,24H,2-4,7H2,1H3,(H,23,25). The summed E-state index contributed by atoms with van der Waals surface area (Å²) in [6, 6.07) is 18.9. The van der Waals surface area contributed by atoms with Crippen LogP contribution < -0.4 is 5.32 Å². The number of aromatic hydroxyl groups is 1. The average Bonchev–Trinajstić information content (AvgIpc) is 2.62. The molecule has 0 aliphatic rings. The Bertz CT molecular complexity index is 869. The summed E-state index contributed by atoms with van der Waals surface area (Å²) in [5.41, 5.74) is 2.29. The molecule has 0 heterocycles. The second kappa shape index (κ2) is 7.84. The number of hydrogen-bond acceptors (Lipinski definition) is 2. The van der Waals surface area contributed by atoms with E-state index in [1.807, 2.05) is 48.5 Å². The van der Waals surface area contributed by atoms with Gasteiger partial charge in [0, 0.05) is 5.69 Å². The molecular formula is C22H23NO2. The van der Waals surface area contributed by atoms with E-state index in [9.17, 15) is 9.90 Å². The Morgan fingerprint density at radius 2 is 1.64 bits per heavy atom. The average molecular weight is 333 g/mol. The van der Waals surface area contributed by atoms with Crippen LogP contribution >= 0.6 is 0 Å². The molecule has 0 bridgehead atoms. The van der Waals surface area contributed by atoms with Gasteiger partial charge in [0.25, 0.3) is 5.91 Å². The first-order valence-electron chi connectivity index (χ1n) is 8.79. The Kier molecular flexibility index (Phi) is 5.34. The van der Waals surface area contributed by atoms with Crippen molar-refractivity contribution in [3.8, 4) is 5.75 Å². The first kappa shape index (κ1) is 17.0. The fraction of sp³-hybridized carbons (Fsp3) is 0.227. The molecule has 0 spiro atoms. The van der Waals surface area contributed by atoms with Crippen LogP contribution in [0, 0.1) is 0 Å². The van der Waals surface area contributed by atoms with E-state index < -0.39 is 0 Å². The van der Waals surface area contributed by atoms with Crippen LogP contribution in [0.1, 0.15) is 42.1 Å². The highest BCUT2D eigenvalue weighted by Crippen LogP contribution is 2.26. The van der Waals surface area contributed by atoms with Gasteiger partial charge in [-0.05, 0) is 53.4 Å². The molecule has 25 heavy (non-hydrogen) atoms. The van der Waals surface area contributed by atoms with Gasteiger partial charge < -0.3 is 10.4 Å². The normalized spacial score (nSPS) is 10.8. The van der Waals surface area contributed by atoms with Gasteiger partial charge >= 0.3 is 0 Å². The lowest BCUT2D eigenvalue weighted by Gasteiger charge is -2.09. The third-order valence-corrected chi connectivity index (χ3v) is 4.39. The van der Waals surface area contributed by atoms with Crippen LogP contribution in [-0.4, -0.2) is 11.0 Å². The number of anilines is 1. The molecule has 3 heteroatoms. The first-order chi connectivity index (χ1) is 12.2. The third kappa shape index (κ3) is 4.18. The summed E-state index contributed by atoms with van der Waals surface area (Å²) in [6.45, 7) is 2.20. The minimum Gasteiger partial charge on any atom is -0.507 e. The van der Waals surface area contributed by atoms with Crippen LogP contribution in [0.15, 0.2) is 60.7 Å². The summed E-state index contributed by atoms with van der Waals surface area (Å²) < 4.78 is 0. The fourth-order valence-electron chi connectivity index (χ4n) is 2.94. The van der Waals surface area contributed by atoms with Gasteiger partial charge in [0.1, 0.15) is 5.75 Å². The number of carbonyl (C=O) groups excluding carboxylic acids is 1. The molecule has 0 fully saturated rings. The number of fused-ring (bicyclic) bond motifs is 1. The van der Waals surface area contributed by atoms with Gasteiger partial charge in [-0.15, -0.1) is 0 Å². The zero-order chi connectivity index (χ0) is 17.6. The van der Waals surface area contributed by atoms with E-state index in [2.05, 4.69) is 12.2 Å². The van der Waals surface area contributed by atoms with Gasteiger partial charge in [-0.2, -0.15) is 0 Å². The number of benzene rings is 3. The van der Waals surface area contributed by atoms with Crippen LogP contribution in [0.5, 0.6) is 5.75 Å². The number of amides is 1. The van der Waals surface area contributed by atoms with E-state index in [4.69, 9.17) is 0 Å². The number of unbranched alkanes of at least 4 members (excludes halogenated alkanes) is 2. The van der Waals surface area contributed by atoms with Gasteiger partial charge in [0.05, 0.1) is 5.56 Å². The maximum Gasteiger partial charge on any atom is 0.259 e. The lowest BCUT2D eigenvalue weighted by atomic mass is 10.0. The van der Waals surface area contributed by atoms with E-state index in [0.717, 1.165) is 22.9 Å². The highest BCUT2D eigenvalue weighted by atomic mass is 16.3. The van der Waals surface area contributed by atoms with Crippen molar-refractivity contribution in [2.45, 2.75) is 32.6 Å². The second-order valence-corrected chi connectivity index (χ2v) is 6.32. The van der Waals surface area contributed by atoms with E-state index in [-0.39, 0.29) is 17.2 Å². The smallest absolute Gasteiger partial charge is 0.259 e. The number of hydrogen-bond donors (Lipinski definition) is 2. The SMILES string of the molecule is CCCCCc1ccc(NC(=O)c2cc3ccccc3cc2O)cc1. The first-order valence-corrected chi connectivity index (χ1v) is 8.79. The third-order valence-electron chi connectivity index (χ3n) is 4.39. The zero-order valence-electron chi connectivity index (χ0n) is 14.5. The lowest BCUT2D eigenvalue weighted by Crippen LogP contribution is -2.12. The largest absolute Gasteiger partial charge is 0.507 e. The Morgan fingerprint density at radius 3 is 2.32 bits per heavy atom. The molecular weight excluding hydrogens is 310 g/mol. The van der Waals surface area contributed by atoms with Crippen molar-refractivity contribution >= 4 is 22.4 Å². The fourth-order valence-corrected chi connectivity index (χ4v) is 2.94. The molecule has 0 radical (unpaired) electrons. The number of phenols is 1. The molecule has 3 aromatic rings.